The lowest BCUT2D eigenvalue weighted by molar-refractivity contribution is 0.00124. The van der Waals surface area contributed by atoms with E-state index in [4.69, 9.17) is 8.85 Å². The van der Waals surface area contributed by atoms with Gasteiger partial charge in [0.05, 0.1) is 12.7 Å². The second-order valence-electron chi connectivity index (χ2n) is 7.86. The summed E-state index contributed by atoms with van der Waals surface area (Å²) in [7, 11) is -3.41. The number of aliphatic hydroxyl groups is 1. The van der Waals surface area contributed by atoms with Crippen LogP contribution in [0.3, 0.4) is 0 Å². The highest BCUT2D eigenvalue weighted by Gasteiger charge is 2.34. The molecule has 0 aliphatic rings. The van der Waals surface area contributed by atoms with Crippen molar-refractivity contribution >= 4 is 32.6 Å². The van der Waals surface area contributed by atoms with Gasteiger partial charge in [-0.2, -0.15) is 0 Å². The highest BCUT2D eigenvalue weighted by Crippen LogP contribution is 2.24. The number of alkyl halides is 1. The van der Waals surface area contributed by atoms with Crippen molar-refractivity contribution in [3.05, 3.63) is 0 Å². The zero-order chi connectivity index (χ0) is 18.1. The monoisotopic (exact) mass is 426 g/mol. The van der Waals surface area contributed by atoms with Gasteiger partial charge in [0, 0.05) is 4.83 Å². The minimum Gasteiger partial charge on any atom is -0.415 e. The first-order valence-corrected chi connectivity index (χ1v) is 16.3. The number of unbranched alkanes of at least 4 members (excludes halogenated alkanes) is 2. The van der Waals surface area contributed by atoms with Gasteiger partial charge in [-0.3, -0.25) is 0 Å². The van der Waals surface area contributed by atoms with Gasteiger partial charge < -0.3 is 14.0 Å². The number of rotatable bonds is 13. The van der Waals surface area contributed by atoms with E-state index in [1.54, 1.807) is 0 Å². The standard InChI is InChI=1S/C17H39BrO3Si2/c1-8-10-12-22(4,5)20-14-16(19)17(15(3)18)21-23(6,7)13-11-9-2/h15-17,19H,8-14H2,1-7H3/t15-,16+,17-/m0/s1. The van der Waals surface area contributed by atoms with Crippen molar-refractivity contribution in [3.8, 4) is 0 Å². The number of hydrogen-bond acceptors (Lipinski definition) is 3. The van der Waals surface area contributed by atoms with E-state index in [9.17, 15) is 5.11 Å². The Morgan fingerprint density at radius 3 is 1.87 bits per heavy atom. The van der Waals surface area contributed by atoms with E-state index in [0.717, 1.165) is 12.1 Å². The Morgan fingerprint density at radius 2 is 1.43 bits per heavy atom. The molecular formula is C17H39BrO3Si2. The third-order valence-corrected chi connectivity index (χ3v) is 9.69. The molecule has 0 aromatic carbocycles. The van der Waals surface area contributed by atoms with E-state index in [1.165, 1.54) is 25.7 Å². The Balaban J connectivity index is 4.59. The van der Waals surface area contributed by atoms with Crippen molar-refractivity contribution in [3.63, 3.8) is 0 Å². The maximum atomic E-state index is 10.6. The predicted molar refractivity (Wildman–Crippen MR) is 110 cm³/mol. The van der Waals surface area contributed by atoms with E-state index < -0.39 is 22.7 Å². The Bertz CT molecular complexity index is 312. The molecule has 0 unspecified atom stereocenters. The molecule has 1 N–H and O–H groups in total. The molecule has 23 heavy (non-hydrogen) atoms. The maximum absolute atomic E-state index is 10.6. The van der Waals surface area contributed by atoms with Gasteiger partial charge in [0.25, 0.3) is 0 Å². The predicted octanol–water partition coefficient (Wildman–Crippen LogP) is 5.54. The lowest BCUT2D eigenvalue weighted by atomic mass is 10.2. The molecule has 0 aromatic rings. The van der Waals surface area contributed by atoms with Crippen molar-refractivity contribution in [2.45, 2.75) is 102 Å². The van der Waals surface area contributed by atoms with Gasteiger partial charge in [-0.1, -0.05) is 62.4 Å². The van der Waals surface area contributed by atoms with Crippen LogP contribution in [0.25, 0.3) is 0 Å². The van der Waals surface area contributed by atoms with Gasteiger partial charge >= 0.3 is 0 Å². The second kappa shape index (κ2) is 11.4. The minimum atomic E-state index is -1.74. The molecule has 0 saturated carbocycles. The van der Waals surface area contributed by atoms with E-state index in [2.05, 4.69) is 62.9 Å². The van der Waals surface area contributed by atoms with Crippen molar-refractivity contribution in [2.24, 2.45) is 0 Å². The molecule has 0 bridgehead atoms. The molecule has 0 aliphatic heterocycles. The Hall–Kier alpha value is 0.794. The summed E-state index contributed by atoms with van der Waals surface area (Å²) in [5, 5.41) is 10.6. The van der Waals surface area contributed by atoms with E-state index in [-0.39, 0.29) is 10.9 Å². The topological polar surface area (TPSA) is 38.7 Å². The average molecular weight is 428 g/mol. The van der Waals surface area contributed by atoms with Crippen LogP contribution in [0.4, 0.5) is 0 Å². The first-order chi connectivity index (χ1) is 10.5. The first kappa shape index (κ1) is 23.8. The number of halogens is 1. The van der Waals surface area contributed by atoms with Crippen LogP contribution in [-0.4, -0.2) is 45.4 Å². The van der Waals surface area contributed by atoms with Crippen LogP contribution < -0.4 is 0 Å². The lowest BCUT2D eigenvalue weighted by Crippen LogP contribution is -2.47. The molecule has 0 heterocycles. The van der Waals surface area contributed by atoms with Gasteiger partial charge in [-0.05, 0) is 38.3 Å². The van der Waals surface area contributed by atoms with E-state index in [1.807, 2.05) is 0 Å². The molecule has 0 rings (SSSR count). The summed E-state index contributed by atoms with van der Waals surface area (Å²) >= 11 is 3.62. The van der Waals surface area contributed by atoms with Crippen molar-refractivity contribution in [2.75, 3.05) is 6.61 Å². The van der Waals surface area contributed by atoms with Crippen molar-refractivity contribution < 1.29 is 14.0 Å². The summed E-state index contributed by atoms with van der Waals surface area (Å²) < 4.78 is 12.5. The Morgan fingerprint density at radius 1 is 0.957 bits per heavy atom. The molecule has 6 heteroatoms. The molecule has 3 atom stereocenters. The van der Waals surface area contributed by atoms with Gasteiger partial charge in [0.1, 0.15) is 6.10 Å². The van der Waals surface area contributed by atoms with Crippen LogP contribution in [-0.2, 0) is 8.85 Å². The molecule has 0 fully saturated rings. The zero-order valence-corrected chi connectivity index (χ0v) is 19.9. The van der Waals surface area contributed by atoms with Crippen molar-refractivity contribution in [1.29, 1.82) is 0 Å². The molecule has 0 aromatic heterocycles. The maximum Gasteiger partial charge on any atom is 0.187 e. The molecule has 0 aliphatic carbocycles. The first-order valence-electron chi connectivity index (χ1n) is 9.18. The van der Waals surface area contributed by atoms with Crippen LogP contribution in [0, 0.1) is 0 Å². The summed E-state index contributed by atoms with van der Waals surface area (Å²) in [5.74, 6) is 0. The fraction of sp³-hybridized carbons (Fsp3) is 1.00. The second-order valence-corrected chi connectivity index (χ2v) is 17.9. The van der Waals surface area contributed by atoms with Crippen LogP contribution >= 0.6 is 15.9 Å². The molecule has 0 radical (unpaired) electrons. The van der Waals surface area contributed by atoms with Crippen LogP contribution in [0.15, 0.2) is 0 Å². The molecule has 140 valence electrons. The fourth-order valence-electron chi connectivity index (χ4n) is 2.59. The summed E-state index contributed by atoms with van der Waals surface area (Å²) in [6.45, 7) is 15.8. The third-order valence-electron chi connectivity index (χ3n) is 4.20. The van der Waals surface area contributed by atoms with E-state index in [0.29, 0.717) is 6.61 Å². The Kier molecular flexibility index (Phi) is 11.8. The molecule has 0 amide bonds. The summed E-state index contributed by atoms with van der Waals surface area (Å²) in [6.07, 6.45) is 4.05. The van der Waals surface area contributed by atoms with Gasteiger partial charge in [-0.25, -0.2) is 0 Å². The summed E-state index contributed by atoms with van der Waals surface area (Å²) in [5.41, 5.74) is 0. The molecule has 0 spiro atoms. The molecule has 3 nitrogen and oxygen atoms in total. The van der Waals surface area contributed by atoms with Gasteiger partial charge in [0.2, 0.25) is 0 Å². The number of aliphatic hydroxyl groups excluding tert-OH is 1. The highest BCUT2D eigenvalue weighted by molar-refractivity contribution is 9.09. The summed E-state index contributed by atoms with van der Waals surface area (Å²) in [6, 6.07) is 2.30. The smallest absolute Gasteiger partial charge is 0.187 e. The largest absolute Gasteiger partial charge is 0.415 e. The molecule has 0 saturated heterocycles. The highest BCUT2D eigenvalue weighted by atomic mass is 79.9. The SMILES string of the molecule is CCCC[Si](C)(C)OC[C@@H](O)[C@@H](O[Si](C)(C)CCCC)[C@H](C)Br. The van der Waals surface area contributed by atoms with E-state index >= 15 is 0 Å². The van der Waals surface area contributed by atoms with Crippen LogP contribution in [0.5, 0.6) is 0 Å². The van der Waals surface area contributed by atoms with Crippen molar-refractivity contribution in [1.82, 2.24) is 0 Å². The Labute approximate surface area is 154 Å². The van der Waals surface area contributed by atoms with Gasteiger partial charge in [0.15, 0.2) is 16.6 Å². The van der Waals surface area contributed by atoms with Crippen LogP contribution in [0.1, 0.15) is 46.5 Å². The average Bonchev–Trinajstić information content (AvgIpc) is 2.46. The third kappa shape index (κ3) is 11.1. The lowest BCUT2D eigenvalue weighted by Gasteiger charge is -2.35. The quantitative estimate of drug-likeness (QED) is 0.310. The normalized spacial score (nSPS) is 17.1. The number of hydrogen-bond donors (Lipinski definition) is 1. The summed E-state index contributed by atoms with van der Waals surface area (Å²) in [4.78, 5) is 0.120. The molecular weight excluding hydrogens is 388 g/mol. The fourth-order valence-corrected chi connectivity index (χ4v) is 7.64. The zero-order valence-electron chi connectivity index (χ0n) is 16.3. The minimum absolute atomic E-state index is 0.120. The van der Waals surface area contributed by atoms with Crippen LogP contribution in [0.2, 0.25) is 38.3 Å². The van der Waals surface area contributed by atoms with Gasteiger partial charge in [-0.15, -0.1) is 0 Å².